The van der Waals surface area contributed by atoms with E-state index in [1.165, 1.54) is 5.56 Å². The Hall–Kier alpha value is -2.63. The second-order valence-corrected chi connectivity index (χ2v) is 4.19. The standard InChI is InChI=1S/C13H13N5O/c14-10-4-1-9(2-5-10)3-6-11-17-13(18-19-11)12-15-7-8-16-12/h1-2,4-5,7-8H,3,6,14H2,(H,15,16). The average Bonchev–Trinajstić information content (AvgIpc) is 3.09. The molecule has 3 aromatic rings. The highest BCUT2D eigenvalue weighted by Crippen LogP contribution is 2.12. The minimum atomic E-state index is 0.484. The molecule has 19 heavy (non-hydrogen) atoms. The first-order valence-electron chi connectivity index (χ1n) is 5.98. The van der Waals surface area contributed by atoms with E-state index in [1.54, 1.807) is 12.4 Å². The van der Waals surface area contributed by atoms with Crippen molar-refractivity contribution in [2.24, 2.45) is 0 Å². The van der Waals surface area contributed by atoms with Gasteiger partial charge in [-0.05, 0) is 24.1 Å². The van der Waals surface area contributed by atoms with Crippen molar-refractivity contribution in [1.82, 2.24) is 20.1 Å². The third-order valence-corrected chi connectivity index (χ3v) is 2.79. The van der Waals surface area contributed by atoms with Gasteiger partial charge < -0.3 is 15.2 Å². The SMILES string of the molecule is Nc1ccc(CCc2nc(-c3ncc[nH]3)no2)cc1. The molecule has 0 bridgehead atoms. The molecule has 3 N–H and O–H groups in total. The third kappa shape index (κ3) is 2.62. The number of imidazole rings is 1. The highest BCUT2D eigenvalue weighted by Gasteiger charge is 2.10. The van der Waals surface area contributed by atoms with E-state index in [0.29, 0.717) is 24.0 Å². The zero-order valence-corrected chi connectivity index (χ0v) is 10.2. The van der Waals surface area contributed by atoms with Gasteiger partial charge in [-0.3, -0.25) is 0 Å². The summed E-state index contributed by atoms with van der Waals surface area (Å²) in [6.45, 7) is 0. The molecule has 0 aliphatic carbocycles. The number of anilines is 1. The van der Waals surface area contributed by atoms with Crippen LogP contribution >= 0.6 is 0 Å². The maximum absolute atomic E-state index is 5.64. The van der Waals surface area contributed by atoms with E-state index in [4.69, 9.17) is 10.3 Å². The number of rotatable bonds is 4. The number of nitrogens with two attached hydrogens (primary N) is 1. The Labute approximate surface area is 109 Å². The number of nitrogens with zero attached hydrogens (tertiary/aromatic N) is 3. The molecule has 0 aliphatic rings. The normalized spacial score (nSPS) is 10.7. The van der Waals surface area contributed by atoms with Gasteiger partial charge in [0.05, 0.1) is 0 Å². The molecule has 0 unspecified atom stereocenters. The number of hydrogen-bond acceptors (Lipinski definition) is 5. The molecule has 0 atom stereocenters. The number of hydrogen-bond donors (Lipinski definition) is 2. The molecule has 0 saturated heterocycles. The summed E-state index contributed by atoms with van der Waals surface area (Å²) in [5.41, 5.74) is 7.59. The van der Waals surface area contributed by atoms with Crippen LogP contribution in [0.25, 0.3) is 11.6 Å². The highest BCUT2D eigenvalue weighted by molar-refractivity contribution is 5.41. The summed E-state index contributed by atoms with van der Waals surface area (Å²) in [4.78, 5) is 11.3. The van der Waals surface area contributed by atoms with Crippen molar-refractivity contribution in [1.29, 1.82) is 0 Å². The molecule has 0 radical (unpaired) electrons. The Kier molecular flexibility index (Phi) is 2.97. The lowest BCUT2D eigenvalue weighted by Crippen LogP contribution is -1.93. The lowest BCUT2D eigenvalue weighted by Gasteiger charge is -1.98. The van der Waals surface area contributed by atoms with Gasteiger partial charge in [-0.2, -0.15) is 4.98 Å². The molecule has 2 heterocycles. The van der Waals surface area contributed by atoms with Crippen LogP contribution in [0, 0.1) is 0 Å². The van der Waals surface area contributed by atoms with E-state index >= 15 is 0 Å². The minimum absolute atomic E-state index is 0.484. The van der Waals surface area contributed by atoms with Crippen LogP contribution in [-0.2, 0) is 12.8 Å². The largest absolute Gasteiger partial charge is 0.399 e. The van der Waals surface area contributed by atoms with E-state index in [-0.39, 0.29) is 0 Å². The van der Waals surface area contributed by atoms with Crippen LogP contribution in [-0.4, -0.2) is 20.1 Å². The van der Waals surface area contributed by atoms with Crippen LogP contribution in [0.15, 0.2) is 41.2 Å². The Morgan fingerprint density at radius 2 is 2.00 bits per heavy atom. The summed E-state index contributed by atoms with van der Waals surface area (Å²) < 4.78 is 5.19. The fourth-order valence-corrected chi connectivity index (χ4v) is 1.78. The quantitative estimate of drug-likeness (QED) is 0.693. The van der Waals surface area contributed by atoms with Crippen LogP contribution < -0.4 is 5.73 Å². The van der Waals surface area contributed by atoms with Crippen molar-refractivity contribution in [2.45, 2.75) is 12.8 Å². The number of aromatic nitrogens is 4. The fraction of sp³-hybridized carbons (Fsp3) is 0.154. The second kappa shape index (κ2) is 4.93. The van der Waals surface area contributed by atoms with Crippen molar-refractivity contribution < 1.29 is 4.52 Å². The van der Waals surface area contributed by atoms with Crippen LogP contribution in [0.5, 0.6) is 0 Å². The maximum atomic E-state index is 5.64. The lowest BCUT2D eigenvalue weighted by atomic mass is 10.1. The monoisotopic (exact) mass is 255 g/mol. The molecule has 0 saturated carbocycles. The van der Waals surface area contributed by atoms with Gasteiger partial charge in [0.25, 0.3) is 0 Å². The molecule has 0 amide bonds. The number of nitrogen functional groups attached to an aromatic ring is 1. The number of nitrogens with one attached hydrogen (secondary N) is 1. The van der Waals surface area contributed by atoms with Crippen molar-refractivity contribution in [3.63, 3.8) is 0 Å². The smallest absolute Gasteiger partial charge is 0.238 e. The Morgan fingerprint density at radius 3 is 2.74 bits per heavy atom. The number of aromatic amines is 1. The molecule has 0 spiro atoms. The van der Waals surface area contributed by atoms with Crippen LogP contribution in [0.2, 0.25) is 0 Å². The zero-order valence-electron chi connectivity index (χ0n) is 10.2. The molecule has 6 nitrogen and oxygen atoms in total. The Balaban J connectivity index is 1.66. The summed E-state index contributed by atoms with van der Waals surface area (Å²) in [5.74, 6) is 1.70. The highest BCUT2D eigenvalue weighted by atomic mass is 16.5. The summed E-state index contributed by atoms with van der Waals surface area (Å²) >= 11 is 0. The van der Waals surface area contributed by atoms with Crippen LogP contribution in [0.3, 0.4) is 0 Å². The number of aryl methyl sites for hydroxylation is 2. The maximum Gasteiger partial charge on any atom is 0.238 e. The second-order valence-electron chi connectivity index (χ2n) is 4.19. The lowest BCUT2D eigenvalue weighted by molar-refractivity contribution is 0.378. The molecule has 6 heteroatoms. The third-order valence-electron chi connectivity index (χ3n) is 2.79. The Bertz CT molecular complexity index is 642. The van der Waals surface area contributed by atoms with Crippen molar-refractivity contribution in [3.8, 4) is 11.6 Å². The summed E-state index contributed by atoms with van der Waals surface area (Å²) in [5, 5.41) is 3.89. The van der Waals surface area contributed by atoms with Crippen LogP contribution in [0.1, 0.15) is 11.5 Å². The predicted molar refractivity (Wildman–Crippen MR) is 70.1 cm³/mol. The Morgan fingerprint density at radius 1 is 1.16 bits per heavy atom. The number of H-pyrrole nitrogens is 1. The molecule has 0 fully saturated rings. The van der Waals surface area contributed by atoms with Gasteiger partial charge in [0, 0.05) is 24.5 Å². The average molecular weight is 255 g/mol. The van der Waals surface area contributed by atoms with Crippen molar-refractivity contribution in [3.05, 3.63) is 48.1 Å². The molecule has 1 aromatic carbocycles. The van der Waals surface area contributed by atoms with E-state index in [0.717, 1.165) is 12.1 Å². The fourth-order valence-electron chi connectivity index (χ4n) is 1.78. The molecular weight excluding hydrogens is 242 g/mol. The summed E-state index contributed by atoms with van der Waals surface area (Å²) in [6.07, 6.45) is 4.90. The van der Waals surface area contributed by atoms with Crippen LogP contribution in [0.4, 0.5) is 5.69 Å². The van der Waals surface area contributed by atoms with E-state index < -0.39 is 0 Å². The van der Waals surface area contributed by atoms with Gasteiger partial charge >= 0.3 is 0 Å². The predicted octanol–water partition coefficient (Wildman–Crippen LogP) is 1.83. The molecular formula is C13H13N5O. The van der Waals surface area contributed by atoms with Gasteiger partial charge in [-0.15, -0.1) is 0 Å². The van der Waals surface area contributed by atoms with Crippen molar-refractivity contribution in [2.75, 3.05) is 5.73 Å². The van der Waals surface area contributed by atoms with Gasteiger partial charge in [-0.25, -0.2) is 4.98 Å². The first-order valence-corrected chi connectivity index (χ1v) is 5.98. The van der Waals surface area contributed by atoms with E-state index in [9.17, 15) is 0 Å². The van der Waals surface area contributed by atoms with Gasteiger partial charge in [0.15, 0.2) is 5.82 Å². The molecule has 3 rings (SSSR count). The summed E-state index contributed by atoms with van der Waals surface area (Å²) in [7, 11) is 0. The van der Waals surface area contributed by atoms with E-state index in [2.05, 4.69) is 20.1 Å². The van der Waals surface area contributed by atoms with Gasteiger partial charge in [0.1, 0.15) is 0 Å². The zero-order chi connectivity index (χ0) is 13.1. The van der Waals surface area contributed by atoms with E-state index in [1.807, 2.05) is 24.3 Å². The topological polar surface area (TPSA) is 93.6 Å². The number of benzene rings is 1. The first-order chi connectivity index (χ1) is 9.31. The van der Waals surface area contributed by atoms with Gasteiger partial charge in [0.2, 0.25) is 11.7 Å². The summed E-state index contributed by atoms with van der Waals surface area (Å²) in [6, 6.07) is 7.77. The molecule has 96 valence electrons. The molecule has 2 aromatic heterocycles. The molecule has 0 aliphatic heterocycles. The first kappa shape index (κ1) is 11.5. The van der Waals surface area contributed by atoms with Crippen molar-refractivity contribution >= 4 is 5.69 Å². The van der Waals surface area contributed by atoms with Gasteiger partial charge in [-0.1, -0.05) is 17.3 Å². The minimum Gasteiger partial charge on any atom is -0.399 e.